The lowest BCUT2D eigenvalue weighted by molar-refractivity contribution is -0.121. The van der Waals surface area contributed by atoms with Crippen LogP contribution in [-0.4, -0.2) is 28.2 Å². The molecule has 0 radical (unpaired) electrons. The van der Waals surface area contributed by atoms with Crippen LogP contribution in [0.25, 0.3) is 11.5 Å². The van der Waals surface area contributed by atoms with Gasteiger partial charge in [0.2, 0.25) is 17.7 Å². The third kappa shape index (κ3) is 2.67. The number of nitrogens with one attached hydrogen (secondary N) is 2. The van der Waals surface area contributed by atoms with Gasteiger partial charge >= 0.3 is 0 Å². The molecule has 0 spiro atoms. The molecule has 1 fully saturated rings. The van der Waals surface area contributed by atoms with E-state index >= 15 is 0 Å². The zero-order valence-electron chi connectivity index (χ0n) is 12.1. The second-order valence-electron chi connectivity index (χ2n) is 5.49. The number of anilines is 1. The number of hydrogen-bond donors (Lipinski definition) is 2. The summed E-state index contributed by atoms with van der Waals surface area (Å²) in [6.45, 7) is 4.53. The highest BCUT2D eigenvalue weighted by Gasteiger charge is 2.36. The predicted octanol–water partition coefficient (Wildman–Crippen LogP) is 2.13. The van der Waals surface area contributed by atoms with Crippen LogP contribution in [0.5, 0.6) is 0 Å². The molecule has 2 heterocycles. The van der Waals surface area contributed by atoms with Crippen molar-refractivity contribution in [2.24, 2.45) is 0 Å². The number of nitrogens with zero attached hydrogens (tertiary/aromatic N) is 2. The summed E-state index contributed by atoms with van der Waals surface area (Å²) in [4.78, 5) is 12.5. The van der Waals surface area contributed by atoms with Gasteiger partial charge in [0, 0.05) is 6.92 Å². The maximum atomic E-state index is 12.5. The van der Waals surface area contributed by atoms with E-state index in [2.05, 4.69) is 20.8 Å². The summed E-state index contributed by atoms with van der Waals surface area (Å²) in [7, 11) is 0. The Morgan fingerprint density at radius 3 is 2.86 bits per heavy atom. The van der Waals surface area contributed by atoms with Crippen molar-refractivity contribution in [3.63, 3.8) is 0 Å². The highest BCUT2D eigenvalue weighted by Crippen LogP contribution is 2.28. The van der Waals surface area contributed by atoms with Crippen molar-refractivity contribution in [1.82, 2.24) is 15.5 Å². The van der Waals surface area contributed by atoms with Gasteiger partial charge in [0.05, 0.1) is 16.8 Å². The highest BCUT2D eigenvalue weighted by atomic mass is 16.4. The Morgan fingerprint density at radius 1 is 1.38 bits per heavy atom. The Balaban J connectivity index is 1.87. The average molecular weight is 286 g/mol. The Bertz CT molecular complexity index is 659. The number of carbonyl (C=O) groups is 1. The fourth-order valence-corrected chi connectivity index (χ4v) is 2.53. The third-order valence-corrected chi connectivity index (χ3v) is 3.80. The van der Waals surface area contributed by atoms with Gasteiger partial charge in [0.1, 0.15) is 0 Å². The van der Waals surface area contributed by atoms with Gasteiger partial charge in [-0.1, -0.05) is 12.1 Å². The average Bonchev–Trinajstić information content (AvgIpc) is 3.09. The van der Waals surface area contributed by atoms with Crippen LogP contribution < -0.4 is 10.6 Å². The van der Waals surface area contributed by atoms with Crippen molar-refractivity contribution in [2.45, 2.75) is 32.2 Å². The molecule has 110 valence electrons. The van der Waals surface area contributed by atoms with E-state index in [1.165, 1.54) is 0 Å². The normalized spacial score (nSPS) is 21.4. The van der Waals surface area contributed by atoms with Crippen LogP contribution in [0.2, 0.25) is 0 Å². The molecule has 1 amide bonds. The summed E-state index contributed by atoms with van der Waals surface area (Å²) >= 11 is 0. The standard InChI is InChI=1S/C15H18N4O2/c1-10-18-19-13(21-10)11-6-3-4-7-12(11)17-14(20)15(2)8-5-9-16-15/h3-4,6-7,16H,5,8-9H2,1-2H3,(H,17,20). The Hall–Kier alpha value is -2.21. The molecule has 1 aromatic heterocycles. The van der Waals surface area contributed by atoms with Crippen LogP contribution in [0.3, 0.4) is 0 Å². The van der Waals surface area contributed by atoms with E-state index < -0.39 is 5.54 Å². The summed E-state index contributed by atoms with van der Waals surface area (Å²) in [5.74, 6) is 0.868. The second kappa shape index (κ2) is 5.29. The maximum absolute atomic E-state index is 12.5. The van der Waals surface area contributed by atoms with Crippen LogP contribution in [0.1, 0.15) is 25.7 Å². The number of hydrogen-bond acceptors (Lipinski definition) is 5. The van der Waals surface area contributed by atoms with Crippen molar-refractivity contribution in [2.75, 3.05) is 11.9 Å². The molecule has 1 aliphatic rings. The summed E-state index contributed by atoms with van der Waals surface area (Å²) in [5.41, 5.74) is 0.895. The largest absolute Gasteiger partial charge is 0.421 e. The van der Waals surface area contributed by atoms with Crippen LogP contribution in [-0.2, 0) is 4.79 Å². The quantitative estimate of drug-likeness (QED) is 0.903. The van der Waals surface area contributed by atoms with Crippen LogP contribution in [0.4, 0.5) is 5.69 Å². The first-order valence-electron chi connectivity index (χ1n) is 7.04. The van der Waals surface area contributed by atoms with Gasteiger partial charge in [-0.2, -0.15) is 0 Å². The first-order chi connectivity index (χ1) is 10.1. The lowest BCUT2D eigenvalue weighted by atomic mass is 9.99. The third-order valence-electron chi connectivity index (χ3n) is 3.80. The van der Waals surface area contributed by atoms with Gasteiger partial charge in [-0.3, -0.25) is 4.79 Å². The smallest absolute Gasteiger partial charge is 0.249 e. The zero-order valence-corrected chi connectivity index (χ0v) is 12.1. The van der Waals surface area contributed by atoms with Gasteiger partial charge in [0.25, 0.3) is 0 Å². The van der Waals surface area contributed by atoms with Crippen LogP contribution >= 0.6 is 0 Å². The number of amides is 1. The summed E-state index contributed by atoms with van der Waals surface area (Å²) in [5, 5.41) is 14.1. The molecule has 1 aromatic carbocycles. The Labute approximate surface area is 123 Å². The highest BCUT2D eigenvalue weighted by molar-refractivity contribution is 6.00. The molecule has 0 aliphatic carbocycles. The number of para-hydroxylation sites is 1. The fourth-order valence-electron chi connectivity index (χ4n) is 2.53. The molecule has 1 aliphatic heterocycles. The van der Waals surface area contributed by atoms with Gasteiger partial charge < -0.3 is 15.1 Å². The van der Waals surface area contributed by atoms with Gasteiger partial charge in [-0.15, -0.1) is 10.2 Å². The summed E-state index contributed by atoms with van der Waals surface area (Å²) < 4.78 is 5.45. The fraction of sp³-hybridized carbons (Fsp3) is 0.400. The van der Waals surface area contributed by atoms with Crippen LogP contribution in [0.15, 0.2) is 28.7 Å². The molecule has 2 N–H and O–H groups in total. The molecule has 0 saturated carbocycles. The van der Waals surface area contributed by atoms with E-state index in [0.29, 0.717) is 17.5 Å². The lowest BCUT2D eigenvalue weighted by Gasteiger charge is -2.23. The van der Waals surface area contributed by atoms with Crippen LogP contribution in [0, 0.1) is 6.92 Å². The molecular weight excluding hydrogens is 268 g/mol. The van der Waals surface area contributed by atoms with Gasteiger partial charge in [-0.25, -0.2) is 0 Å². The first-order valence-corrected chi connectivity index (χ1v) is 7.04. The van der Waals surface area contributed by atoms with Gasteiger partial charge in [0.15, 0.2) is 0 Å². The van der Waals surface area contributed by atoms with E-state index in [9.17, 15) is 4.79 Å². The van der Waals surface area contributed by atoms with E-state index in [1.807, 2.05) is 31.2 Å². The number of aryl methyl sites for hydroxylation is 1. The Kier molecular flexibility index (Phi) is 3.47. The minimum absolute atomic E-state index is 0.0383. The van der Waals surface area contributed by atoms with Crippen molar-refractivity contribution >= 4 is 11.6 Å². The van der Waals surface area contributed by atoms with E-state index in [-0.39, 0.29) is 5.91 Å². The molecule has 6 nitrogen and oxygen atoms in total. The number of rotatable bonds is 3. The monoisotopic (exact) mass is 286 g/mol. The molecule has 1 saturated heterocycles. The molecule has 1 atom stereocenters. The first kappa shape index (κ1) is 13.8. The molecule has 1 unspecified atom stereocenters. The number of carbonyl (C=O) groups excluding carboxylic acids is 1. The van der Waals surface area contributed by atoms with Crippen molar-refractivity contribution in [3.05, 3.63) is 30.2 Å². The molecular formula is C15H18N4O2. The van der Waals surface area contributed by atoms with Crippen molar-refractivity contribution in [1.29, 1.82) is 0 Å². The summed E-state index contributed by atoms with van der Waals surface area (Å²) in [6, 6.07) is 7.44. The minimum Gasteiger partial charge on any atom is -0.421 e. The minimum atomic E-state index is -0.516. The van der Waals surface area contributed by atoms with E-state index in [1.54, 1.807) is 6.92 Å². The van der Waals surface area contributed by atoms with Crippen molar-refractivity contribution in [3.8, 4) is 11.5 Å². The SMILES string of the molecule is Cc1nnc(-c2ccccc2NC(=O)C2(C)CCCN2)o1. The maximum Gasteiger partial charge on any atom is 0.249 e. The second-order valence-corrected chi connectivity index (χ2v) is 5.49. The zero-order chi connectivity index (χ0) is 14.9. The van der Waals surface area contributed by atoms with Gasteiger partial charge in [-0.05, 0) is 38.4 Å². The molecule has 0 bridgehead atoms. The summed E-state index contributed by atoms with van der Waals surface area (Å²) in [6.07, 6.45) is 1.84. The van der Waals surface area contributed by atoms with E-state index in [0.717, 1.165) is 24.9 Å². The number of aromatic nitrogens is 2. The molecule has 3 rings (SSSR count). The lowest BCUT2D eigenvalue weighted by Crippen LogP contribution is -2.48. The Morgan fingerprint density at radius 2 is 2.19 bits per heavy atom. The topological polar surface area (TPSA) is 80.0 Å². The predicted molar refractivity (Wildman–Crippen MR) is 78.7 cm³/mol. The molecule has 2 aromatic rings. The van der Waals surface area contributed by atoms with E-state index in [4.69, 9.17) is 4.42 Å². The number of benzene rings is 1. The molecule has 21 heavy (non-hydrogen) atoms. The molecule has 6 heteroatoms. The van der Waals surface area contributed by atoms with Crippen molar-refractivity contribution < 1.29 is 9.21 Å².